The van der Waals surface area contributed by atoms with Crippen molar-refractivity contribution in [1.82, 2.24) is 20.5 Å². The maximum atomic E-state index is 11.7. The SMILES string of the molecule is CNC(=O)[C@H]1[C@H](C(=O)NC)N1Cc1ccncc1. The Labute approximate surface area is 105 Å². The van der Waals surface area contributed by atoms with Crippen molar-refractivity contribution >= 4 is 11.8 Å². The topological polar surface area (TPSA) is 74.1 Å². The number of carbonyl (C=O) groups is 2. The highest BCUT2D eigenvalue weighted by Gasteiger charge is 2.56. The summed E-state index contributed by atoms with van der Waals surface area (Å²) in [4.78, 5) is 29.1. The first-order valence-electron chi connectivity index (χ1n) is 5.77. The second-order valence-corrected chi connectivity index (χ2v) is 4.15. The summed E-state index contributed by atoms with van der Waals surface area (Å²) >= 11 is 0. The number of pyridine rings is 1. The van der Waals surface area contributed by atoms with E-state index < -0.39 is 0 Å². The van der Waals surface area contributed by atoms with Gasteiger partial charge in [0, 0.05) is 33.0 Å². The lowest BCUT2D eigenvalue weighted by atomic mass is 10.3. The summed E-state index contributed by atoms with van der Waals surface area (Å²) < 4.78 is 0. The maximum Gasteiger partial charge on any atom is 0.239 e. The van der Waals surface area contributed by atoms with Crippen LogP contribution in [0.5, 0.6) is 0 Å². The molecule has 1 saturated heterocycles. The molecule has 0 spiro atoms. The van der Waals surface area contributed by atoms with E-state index in [1.165, 1.54) is 0 Å². The number of aromatic nitrogens is 1. The molecule has 0 aliphatic carbocycles. The van der Waals surface area contributed by atoms with E-state index in [0.717, 1.165) is 5.56 Å². The normalized spacial score (nSPS) is 25.3. The molecule has 6 heteroatoms. The summed E-state index contributed by atoms with van der Waals surface area (Å²) in [5.74, 6) is -0.254. The number of hydrogen-bond acceptors (Lipinski definition) is 4. The minimum atomic E-state index is -0.372. The van der Waals surface area contributed by atoms with Crippen LogP contribution in [0.1, 0.15) is 5.56 Å². The summed E-state index contributed by atoms with van der Waals surface area (Å²) in [6.45, 7) is 0.568. The molecule has 1 aliphatic heterocycles. The maximum absolute atomic E-state index is 11.7. The van der Waals surface area contributed by atoms with Gasteiger partial charge in [0.1, 0.15) is 12.1 Å². The van der Waals surface area contributed by atoms with Gasteiger partial charge in [-0.25, -0.2) is 0 Å². The molecule has 0 saturated carbocycles. The largest absolute Gasteiger partial charge is 0.358 e. The molecule has 1 aromatic heterocycles. The molecule has 6 nitrogen and oxygen atoms in total. The van der Waals surface area contributed by atoms with Gasteiger partial charge in [-0.05, 0) is 17.7 Å². The molecule has 1 fully saturated rings. The van der Waals surface area contributed by atoms with E-state index in [4.69, 9.17) is 0 Å². The van der Waals surface area contributed by atoms with Gasteiger partial charge in [0.25, 0.3) is 0 Å². The van der Waals surface area contributed by atoms with Crippen molar-refractivity contribution in [2.45, 2.75) is 18.6 Å². The lowest BCUT2D eigenvalue weighted by molar-refractivity contribution is -0.123. The van der Waals surface area contributed by atoms with Crippen LogP contribution < -0.4 is 10.6 Å². The Morgan fingerprint density at radius 2 is 1.67 bits per heavy atom. The third-order valence-electron chi connectivity index (χ3n) is 3.07. The van der Waals surface area contributed by atoms with Crippen LogP contribution in [0.3, 0.4) is 0 Å². The van der Waals surface area contributed by atoms with Gasteiger partial charge in [0.2, 0.25) is 11.8 Å². The van der Waals surface area contributed by atoms with E-state index in [1.807, 2.05) is 17.0 Å². The van der Waals surface area contributed by atoms with E-state index in [1.54, 1.807) is 26.5 Å². The fraction of sp³-hybridized carbons (Fsp3) is 0.417. The molecule has 0 bridgehead atoms. The highest BCUT2D eigenvalue weighted by Crippen LogP contribution is 2.30. The molecule has 2 N–H and O–H groups in total. The zero-order valence-corrected chi connectivity index (χ0v) is 10.4. The second kappa shape index (κ2) is 5.14. The van der Waals surface area contributed by atoms with E-state index in [-0.39, 0.29) is 23.9 Å². The van der Waals surface area contributed by atoms with E-state index in [2.05, 4.69) is 15.6 Å². The summed E-state index contributed by atoms with van der Waals surface area (Å²) in [7, 11) is 3.15. The van der Waals surface area contributed by atoms with Gasteiger partial charge in [-0.2, -0.15) is 0 Å². The van der Waals surface area contributed by atoms with E-state index in [9.17, 15) is 9.59 Å². The van der Waals surface area contributed by atoms with Crippen LogP contribution in [-0.4, -0.2) is 47.9 Å². The summed E-state index contributed by atoms with van der Waals surface area (Å²) in [5, 5.41) is 5.16. The molecular weight excluding hydrogens is 232 g/mol. The Morgan fingerprint density at radius 3 is 2.11 bits per heavy atom. The molecule has 2 rings (SSSR count). The van der Waals surface area contributed by atoms with Gasteiger partial charge in [-0.3, -0.25) is 19.5 Å². The highest BCUT2D eigenvalue weighted by atomic mass is 16.2. The Morgan fingerprint density at radius 1 is 1.17 bits per heavy atom. The predicted molar refractivity (Wildman–Crippen MR) is 65.5 cm³/mol. The number of hydrogen-bond donors (Lipinski definition) is 2. The lowest BCUT2D eigenvalue weighted by Gasteiger charge is -2.03. The van der Waals surface area contributed by atoms with Crippen LogP contribution in [0.15, 0.2) is 24.5 Å². The molecule has 2 heterocycles. The molecule has 1 aliphatic rings. The van der Waals surface area contributed by atoms with Crippen molar-refractivity contribution in [3.63, 3.8) is 0 Å². The summed E-state index contributed by atoms with van der Waals surface area (Å²) in [6, 6.07) is 3.01. The van der Waals surface area contributed by atoms with Crippen LogP contribution in [0.4, 0.5) is 0 Å². The van der Waals surface area contributed by atoms with Gasteiger partial charge in [0.05, 0.1) is 0 Å². The Balaban J connectivity index is 2.07. The number of rotatable bonds is 4. The standard InChI is InChI=1S/C12H16N4O2/c1-13-11(17)9-10(12(18)14-2)16(9)7-8-3-5-15-6-4-8/h3-6,9-10H,7H2,1-2H3,(H,13,17)(H,14,18)/t9-,10-/m1/s1. The smallest absolute Gasteiger partial charge is 0.239 e. The van der Waals surface area contributed by atoms with E-state index >= 15 is 0 Å². The van der Waals surface area contributed by atoms with Crippen molar-refractivity contribution in [3.8, 4) is 0 Å². The molecule has 0 unspecified atom stereocenters. The van der Waals surface area contributed by atoms with Crippen LogP contribution in [0, 0.1) is 0 Å². The molecule has 18 heavy (non-hydrogen) atoms. The van der Waals surface area contributed by atoms with Crippen molar-refractivity contribution < 1.29 is 9.59 Å². The van der Waals surface area contributed by atoms with Gasteiger partial charge in [0.15, 0.2) is 0 Å². The first kappa shape index (κ1) is 12.5. The number of carbonyl (C=O) groups excluding carboxylic acids is 2. The molecular formula is C12H16N4O2. The third-order valence-corrected chi connectivity index (χ3v) is 3.07. The predicted octanol–water partition coefficient (Wildman–Crippen LogP) is -0.874. The van der Waals surface area contributed by atoms with Gasteiger partial charge in [-0.15, -0.1) is 0 Å². The average Bonchev–Trinajstić information content (AvgIpc) is 3.12. The fourth-order valence-electron chi connectivity index (χ4n) is 2.06. The molecule has 1 aromatic rings. The quantitative estimate of drug-likeness (QED) is 0.679. The minimum absolute atomic E-state index is 0.127. The minimum Gasteiger partial charge on any atom is -0.358 e. The van der Waals surface area contributed by atoms with Crippen LogP contribution in [0.2, 0.25) is 0 Å². The van der Waals surface area contributed by atoms with Gasteiger partial charge in [-0.1, -0.05) is 0 Å². The van der Waals surface area contributed by atoms with Crippen molar-refractivity contribution in [1.29, 1.82) is 0 Å². The first-order chi connectivity index (χ1) is 8.69. The monoisotopic (exact) mass is 248 g/mol. The zero-order valence-electron chi connectivity index (χ0n) is 10.4. The number of likely N-dealkylation sites (N-methyl/N-ethyl adjacent to an activating group) is 2. The number of nitrogens with one attached hydrogen (secondary N) is 2. The average molecular weight is 248 g/mol. The van der Waals surface area contributed by atoms with Crippen LogP contribution in [-0.2, 0) is 16.1 Å². The first-order valence-corrected chi connectivity index (χ1v) is 5.77. The molecule has 2 amide bonds. The Kier molecular flexibility index (Phi) is 3.57. The van der Waals surface area contributed by atoms with Crippen LogP contribution in [0.25, 0.3) is 0 Å². The molecule has 2 atom stereocenters. The molecule has 96 valence electrons. The van der Waals surface area contributed by atoms with Gasteiger partial charge >= 0.3 is 0 Å². The summed E-state index contributed by atoms with van der Waals surface area (Å²) in [5.41, 5.74) is 1.03. The van der Waals surface area contributed by atoms with Crippen molar-refractivity contribution in [2.24, 2.45) is 0 Å². The Bertz CT molecular complexity index is 427. The Hall–Kier alpha value is -1.95. The zero-order chi connectivity index (χ0) is 13.1. The van der Waals surface area contributed by atoms with Gasteiger partial charge < -0.3 is 10.6 Å². The highest BCUT2D eigenvalue weighted by molar-refractivity contribution is 5.97. The summed E-state index contributed by atoms with van der Waals surface area (Å²) in [6.07, 6.45) is 3.39. The van der Waals surface area contributed by atoms with Crippen LogP contribution >= 0.6 is 0 Å². The molecule has 0 radical (unpaired) electrons. The second-order valence-electron chi connectivity index (χ2n) is 4.15. The lowest BCUT2D eigenvalue weighted by Crippen LogP contribution is -2.31. The van der Waals surface area contributed by atoms with Crippen molar-refractivity contribution in [3.05, 3.63) is 30.1 Å². The van der Waals surface area contributed by atoms with Crippen molar-refractivity contribution in [2.75, 3.05) is 14.1 Å². The van der Waals surface area contributed by atoms with E-state index in [0.29, 0.717) is 6.54 Å². The third kappa shape index (κ3) is 2.33. The number of nitrogens with zero attached hydrogens (tertiary/aromatic N) is 2. The molecule has 0 aromatic carbocycles. The fourth-order valence-corrected chi connectivity index (χ4v) is 2.06. The number of amides is 2.